The van der Waals surface area contributed by atoms with E-state index < -0.39 is 11.4 Å². The minimum Gasteiger partial charge on any atom is -0.481 e. The molecule has 2 aliphatic rings. The summed E-state index contributed by atoms with van der Waals surface area (Å²) in [6, 6.07) is -0.241. The van der Waals surface area contributed by atoms with Crippen LogP contribution in [0.25, 0.3) is 0 Å². The molecule has 2 amide bonds. The molecule has 0 atom stereocenters. The highest BCUT2D eigenvalue weighted by atomic mass is 16.4. The van der Waals surface area contributed by atoms with Gasteiger partial charge >= 0.3 is 12.0 Å². The van der Waals surface area contributed by atoms with Gasteiger partial charge < -0.3 is 15.7 Å². The molecule has 5 heteroatoms. The second-order valence-electron chi connectivity index (χ2n) is 5.31. The number of urea groups is 1. The van der Waals surface area contributed by atoms with E-state index in [4.69, 9.17) is 5.11 Å². The quantitative estimate of drug-likeness (QED) is 0.671. The number of carbonyl (C=O) groups is 2. The molecule has 0 unspecified atom stereocenters. The summed E-state index contributed by atoms with van der Waals surface area (Å²) in [5, 5.41) is 14.5. The van der Waals surface area contributed by atoms with E-state index in [-0.39, 0.29) is 18.1 Å². The summed E-state index contributed by atoms with van der Waals surface area (Å²) in [4.78, 5) is 22.4. The van der Waals surface area contributed by atoms with Crippen LogP contribution in [0.2, 0.25) is 0 Å². The van der Waals surface area contributed by atoms with Crippen LogP contribution in [0.3, 0.4) is 0 Å². The van der Waals surface area contributed by atoms with Crippen molar-refractivity contribution in [2.45, 2.75) is 44.6 Å². The lowest BCUT2D eigenvalue weighted by Crippen LogP contribution is -2.55. The van der Waals surface area contributed by atoms with Gasteiger partial charge in [-0.1, -0.05) is 0 Å². The molecule has 0 aromatic rings. The number of carbonyl (C=O) groups excluding carboxylic acids is 1. The second kappa shape index (κ2) is 3.64. The molecule has 5 nitrogen and oxygen atoms in total. The summed E-state index contributed by atoms with van der Waals surface area (Å²) < 4.78 is 0. The zero-order valence-electron chi connectivity index (χ0n) is 9.51. The number of carboxylic acids is 1. The van der Waals surface area contributed by atoms with E-state index in [0.29, 0.717) is 12.8 Å². The maximum atomic E-state index is 11.5. The molecule has 0 spiro atoms. The maximum absolute atomic E-state index is 11.5. The standard InChI is InChI=1S/C11H18N2O3/c1-10(3-2-4-10)13-9(16)12-7-11(5-6-11)8(14)15/h2-7H2,1H3,(H,14,15)(H2,12,13,16). The van der Waals surface area contributed by atoms with Crippen LogP contribution in [-0.2, 0) is 4.79 Å². The van der Waals surface area contributed by atoms with E-state index in [0.717, 1.165) is 19.3 Å². The smallest absolute Gasteiger partial charge is 0.315 e. The van der Waals surface area contributed by atoms with Crippen LogP contribution in [0.1, 0.15) is 39.0 Å². The average Bonchev–Trinajstić information content (AvgIpc) is 2.93. The van der Waals surface area contributed by atoms with Gasteiger partial charge in [-0.25, -0.2) is 4.79 Å². The van der Waals surface area contributed by atoms with Gasteiger partial charge in [0, 0.05) is 12.1 Å². The number of hydrogen-bond acceptors (Lipinski definition) is 2. The van der Waals surface area contributed by atoms with Crippen LogP contribution < -0.4 is 10.6 Å². The third-order valence-corrected chi connectivity index (χ3v) is 3.77. The molecule has 2 fully saturated rings. The molecule has 90 valence electrons. The normalized spacial score (nSPS) is 24.1. The molecule has 0 aliphatic heterocycles. The molecule has 0 bridgehead atoms. The highest BCUT2D eigenvalue weighted by Crippen LogP contribution is 2.45. The van der Waals surface area contributed by atoms with Crippen LogP contribution in [0, 0.1) is 5.41 Å². The Kier molecular flexibility index (Phi) is 2.56. The monoisotopic (exact) mass is 226 g/mol. The van der Waals surface area contributed by atoms with Crippen molar-refractivity contribution in [1.29, 1.82) is 0 Å². The minimum atomic E-state index is -0.803. The largest absolute Gasteiger partial charge is 0.481 e. The van der Waals surface area contributed by atoms with Gasteiger partial charge in [0.1, 0.15) is 0 Å². The Morgan fingerprint density at radius 3 is 2.25 bits per heavy atom. The number of hydrogen-bond donors (Lipinski definition) is 3. The van der Waals surface area contributed by atoms with Crippen molar-refractivity contribution in [2.24, 2.45) is 5.41 Å². The molecule has 0 heterocycles. The third-order valence-electron chi connectivity index (χ3n) is 3.77. The zero-order valence-corrected chi connectivity index (χ0v) is 9.51. The predicted octanol–water partition coefficient (Wildman–Crippen LogP) is 1.09. The molecule has 0 saturated heterocycles. The number of rotatable bonds is 4. The lowest BCUT2D eigenvalue weighted by molar-refractivity contribution is -0.143. The van der Waals surface area contributed by atoms with E-state index in [1.165, 1.54) is 0 Å². The molecule has 2 saturated carbocycles. The summed E-state index contributed by atoms with van der Waals surface area (Å²) in [6.45, 7) is 2.25. The van der Waals surface area contributed by atoms with Crippen LogP contribution in [0.4, 0.5) is 4.79 Å². The van der Waals surface area contributed by atoms with Crippen molar-refractivity contribution in [1.82, 2.24) is 10.6 Å². The lowest BCUT2D eigenvalue weighted by Gasteiger charge is -2.39. The number of amides is 2. The van der Waals surface area contributed by atoms with Crippen molar-refractivity contribution in [3.8, 4) is 0 Å². The lowest BCUT2D eigenvalue weighted by atomic mass is 9.79. The Hall–Kier alpha value is -1.26. The Balaban J connectivity index is 1.74. The van der Waals surface area contributed by atoms with E-state index in [2.05, 4.69) is 10.6 Å². The molecule has 16 heavy (non-hydrogen) atoms. The van der Waals surface area contributed by atoms with Gasteiger partial charge in [-0.3, -0.25) is 4.79 Å². The summed E-state index contributed by atoms with van der Waals surface area (Å²) in [7, 11) is 0. The summed E-state index contributed by atoms with van der Waals surface area (Å²) in [6.07, 6.45) is 4.49. The topological polar surface area (TPSA) is 78.4 Å². The van der Waals surface area contributed by atoms with Crippen molar-refractivity contribution < 1.29 is 14.7 Å². The van der Waals surface area contributed by atoms with E-state index >= 15 is 0 Å². The maximum Gasteiger partial charge on any atom is 0.315 e. The summed E-state index contributed by atoms with van der Waals surface area (Å²) >= 11 is 0. The SMILES string of the molecule is CC1(NC(=O)NCC2(C(=O)O)CC2)CCC1. The predicted molar refractivity (Wildman–Crippen MR) is 58.1 cm³/mol. The molecular formula is C11H18N2O3. The second-order valence-corrected chi connectivity index (χ2v) is 5.31. The Bertz CT molecular complexity index is 319. The first-order valence-electron chi connectivity index (χ1n) is 5.75. The highest BCUT2D eigenvalue weighted by Gasteiger charge is 2.50. The van der Waals surface area contributed by atoms with E-state index in [1.807, 2.05) is 6.92 Å². The fourth-order valence-corrected chi connectivity index (χ4v) is 2.02. The molecule has 0 radical (unpaired) electrons. The minimum absolute atomic E-state index is 0.0793. The number of aliphatic carboxylic acids is 1. The van der Waals surface area contributed by atoms with Crippen molar-refractivity contribution in [3.63, 3.8) is 0 Å². The van der Waals surface area contributed by atoms with Crippen LogP contribution in [-0.4, -0.2) is 29.2 Å². The van der Waals surface area contributed by atoms with Gasteiger partial charge in [0.25, 0.3) is 0 Å². The fourth-order valence-electron chi connectivity index (χ4n) is 2.02. The molecule has 3 N–H and O–H groups in total. The first kappa shape index (κ1) is 11.2. The average molecular weight is 226 g/mol. The van der Waals surface area contributed by atoms with Crippen LogP contribution in [0.5, 0.6) is 0 Å². The molecule has 2 rings (SSSR count). The molecule has 0 aromatic carbocycles. The van der Waals surface area contributed by atoms with Crippen molar-refractivity contribution in [3.05, 3.63) is 0 Å². The fraction of sp³-hybridized carbons (Fsp3) is 0.818. The molecule has 0 aromatic heterocycles. The third kappa shape index (κ3) is 2.13. The van der Waals surface area contributed by atoms with Gasteiger partial charge in [-0.15, -0.1) is 0 Å². The van der Waals surface area contributed by atoms with Gasteiger partial charge in [0.05, 0.1) is 5.41 Å². The highest BCUT2D eigenvalue weighted by molar-refractivity contribution is 5.80. The molecular weight excluding hydrogens is 208 g/mol. The first-order chi connectivity index (χ1) is 7.46. The van der Waals surface area contributed by atoms with Gasteiger partial charge in [-0.2, -0.15) is 0 Å². The van der Waals surface area contributed by atoms with Gasteiger partial charge in [-0.05, 0) is 39.0 Å². The van der Waals surface area contributed by atoms with E-state index in [9.17, 15) is 9.59 Å². The van der Waals surface area contributed by atoms with Gasteiger partial charge in [0.15, 0.2) is 0 Å². The molecule has 2 aliphatic carbocycles. The number of carboxylic acid groups (broad SMARTS) is 1. The van der Waals surface area contributed by atoms with Crippen LogP contribution >= 0.6 is 0 Å². The Morgan fingerprint density at radius 2 is 1.88 bits per heavy atom. The van der Waals surface area contributed by atoms with E-state index in [1.54, 1.807) is 0 Å². The first-order valence-corrected chi connectivity index (χ1v) is 5.75. The Morgan fingerprint density at radius 1 is 1.25 bits per heavy atom. The van der Waals surface area contributed by atoms with Crippen molar-refractivity contribution in [2.75, 3.05) is 6.54 Å². The van der Waals surface area contributed by atoms with Crippen molar-refractivity contribution >= 4 is 12.0 Å². The van der Waals surface area contributed by atoms with Gasteiger partial charge in [0.2, 0.25) is 0 Å². The Labute approximate surface area is 94.6 Å². The summed E-state index contributed by atoms with van der Waals surface area (Å²) in [5.74, 6) is -0.803. The summed E-state index contributed by atoms with van der Waals surface area (Å²) in [5.41, 5.74) is -0.762. The zero-order chi connectivity index (χ0) is 11.8. The van der Waals surface area contributed by atoms with Crippen LogP contribution in [0.15, 0.2) is 0 Å². The number of nitrogens with one attached hydrogen (secondary N) is 2.